The lowest BCUT2D eigenvalue weighted by atomic mass is 10.0. The van der Waals surface area contributed by atoms with E-state index in [1.807, 2.05) is 6.92 Å². The van der Waals surface area contributed by atoms with Crippen molar-refractivity contribution in [2.24, 2.45) is 4.99 Å². The van der Waals surface area contributed by atoms with E-state index < -0.39 is 5.97 Å². The number of amides is 1. The number of aromatic carboxylic acids is 1. The molecule has 0 spiro atoms. The van der Waals surface area contributed by atoms with Crippen molar-refractivity contribution in [1.82, 2.24) is 5.32 Å². The largest absolute Gasteiger partial charge is 0.497 e. The molecule has 0 saturated carbocycles. The highest BCUT2D eigenvalue weighted by atomic mass is 32.2. The van der Waals surface area contributed by atoms with Gasteiger partial charge in [0.15, 0.2) is 5.17 Å². The van der Waals surface area contributed by atoms with E-state index in [1.165, 1.54) is 11.8 Å². The molecule has 2 heterocycles. The van der Waals surface area contributed by atoms with Gasteiger partial charge in [-0.05, 0) is 72.8 Å². The van der Waals surface area contributed by atoms with Crippen LogP contribution in [0.1, 0.15) is 21.7 Å². The van der Waals surface area contributed by atoms with Crippen LogP contribution in [0.4, 0.5) is 5.69 Å². The highest BCUT2D eigenvalue weighted by molar-refractivity contribution is 8.18. The number of hydrogen-bond acceptors (Lipinski definition) is 6. The van der Waals surface area contributed by atoms with Crippen molar-refractivity contribution in [2.75, 3.05) is 7.11 Å². The molecule has 1 fully saturated rings. The highest BCUT2D eigenvalue weighted by Gasteiger charge is 2.24. The van der Waals surface area contributed by atoms with Crippen LogP contribution >= 0.6 is 11.8 Å². The molecule has 1 aliphatic rings. The van der Waals surface area contributed by atoms with Gasteiger partial charge >= 0.3 is 5.97 Å². The van der Waals surface area contributed by atoms with Crippen LogP contribution in [-0.2, 0) is 4.79 Å². The average molecular weight is 434 g/mol. The van der Waals surface area contributed by atoms with E-state index in [0.717, 1.165) is 11.3 Å². The van der Waals surface area contributed by atoms with E-state index in [-0.39, 0.29) is 11.5 Å². The van der Waals surface area contributed by atoms with Gasteiger partial charge in [0, 0.05) is 11.6 Å². The molecule has 1 aliphatic heterocycles. The standard InChI is InChI=1S/C23H18N2O5S/c1-13-3-4-14(22(27)28)11-18(13)19-10-9-17(30-19)12-20-21(26)25-23(31-20)24-15-5-7-16(29-2)8-6-15/h3-12H,1-2H3,(H,27,28)(H,24,25,26)/b20-12+. The number of benzene rings is 2. The maximum Gasteiger partial charge on any atom is 0.335 e. The number of rotatable bonds is 5. The topological polar surface area (TPSA) is 101 Å². The minimum atomic E-state index is -1.00. The third-order valence-electron chi connectivity index (χ3n) is 4.60. The Morgan fingerprint density at radius 3 is 2.65 bits per heavy atom. The average Bonchev–Trinajstić information content (AvgIpc) is 3.35. The van der Waals surface area contributed by atoms with E-state index >= 15 is 0 Å². The van der Waals surface area contributed by atoms with Crippen molar-refractivity contribution < 1.29 is 23.8 Å². The number of nitrogens with zero attached hydrogens (tertiary/aromatic N) is 1. The van der Waals surface area contributed by atoms with Crippen LogP contribution in [0.3, 0.4) is 0 Å². The number of furan rings is 1. The van der Waals surface area contributed by atoms with Gasteiger partial charge in [-0.2, -0.15) is 0 Å². The van der Waals surface area contributed by atoms with E-state index in [9.17, 15) is 14.7 Å². The summed E-state index contributed by atoms with van der Waals surface area (Å²) in [4.78, 5) is 28.5. The van der Waals surface area contributed by atoms with Crippen LogP contribution in [0, 0.1) is 6.92 Å². The van der Waals surface area contributed by atoms with Crippen LogP contribution in [0.15, 0.2) is 68.9 Å². The first-order valence-corrected chi connectivity index (χ1v) is 10.1. The number of methoxy groups -OCH3 is 1. The van der Waals surface area contributed by atoms with Crippen LogP contribution < -0.4 is 10.1 Å². The summed E-state index contributed by atoms with van der Waals surface area (Å²) in [6.45, 7) is 1.88. The van der Waals surface area contributed by atoms with Crippen molar-refractivity contribution in [1.29, 1.82) is 0 Å². The van der Waals surface area contributed by atoms with Crippen molar-refractivity contribution in [3.8, 4) is 17.1 Å². The van der Waals surface area contributed by atoms with Gasteiger partial charge in [-0.15, -0.1) is 0 Å². The summed E-state index contributed by atoms with van der Waals surface area (Å²) in [5.41, 5.74) is 2.45. The first kappa shape index (κ1) is 20.5. The molecule has 2 aromatic carbocycles. The normalized spacial score (nSPS) is 16.0. The number of ether oxygens (including phenoxy) is 1. The zero-order valence-electron chi connectivity index (χ0n) is 16.7. The van der Waals surface area contributed by atoms with Gasteiger partial charge in [0.2, 0.25) is 0 Å². The predicted molar refractivity (Wildman–Crippen MR) is 120 cm³/mol. The monoisotopic (exact) mass is 434 g/mol. The molecule has 156 valence electrons. The SMILES string of the molecule is COc1ccc(N=C2NC(=O)/C(=C\c3ccc(-c4cc(C(=O)O)ccc4C)o3)S2)cc1. The van der Waals surface area contributed by atoms with E-state index in [2.05, 4.69) is 10.3 Å². The summed E-state index contributed by atoms with van der Waals surface area (Å²) in [6, 6.07) is 15.5. The lowest BCUT2D eigenvalue weighted by molar-refractivity contribution is -0.115. The molecule has 0 atom stereocenters. The number of amidine groups is 1. The maximum absolute atomic E-state index is 12.3. The van der Waals surface area contributed by atoms with E-state index in [0.29, 0.717) is 32.8 Å². The molecule has 0 unspecified atom stereocenters. The molecule has 1 aromatic heterocycles. The summed E-state index contributed by atoms with van der Waals surface area (Å²) in [6.07, 6.45) is 1.64. The number of aliphatic imine (C=N–C) groups is 1. The number of carbonyl (C=O) groups is 2. The molecule has 0 radical (unpaired) electrons. The lowest BCUT2D eigenvalue weighted by Crippen LogP contribution is -2.19. The van der Waals surface area contributed by atoms with Gasteiger partial charge in [0.25, 0.3) is 5.91 Å². The first-order chi connectivity index (χ1) is 14.9. The molecule has 8 heteroatoms. The van der Waals surface area contributed by atoms with Crippen LogP contribution in [0.5, 0.6) is 5.75 Å². The van der Waals surface area contributed by atoms with Gasteiger partial charge in [0.1, 0.15) is 17.3 Å². The molecular formula is C23H18N2O5S. The van der Waals surface area contributed by atoms with E-state index in [1.54, 1.807) is 67.8 Å². The van der Waals surface area contributed by atoms with Crippen LogP contribution in [0.2, 0.25) is 0 Å². The van der Waals surface area contributed by atoms with Gasteiger partial charge in [-0.3, -0.25) is 4.79 Å². The van der Waals surface area contributed by atoms with Crippen molar-refractivity contribution >= 4 is 40.6 Å². The third-order valence-corrected chi connectivity index (χ3v) is 5.51. The summed E-state index contributed by atoms with van der Waals surface area (Å²) >= 11 is 1.21. The molecule has 1 amide bonds. The smallest absolute Gasteiger partial charge is 0.335 e. The van der Waals surface area contributed by atoms with Gasteiger partial charge in [-0.25, -0.2) is 9.79 Å². The molecule has 2 N–H and O–H groups in total. The summed E-state index contributed by atoms with van der Waals surface area (Å²) < 4.78 is 11.0. The number of hydrogen-bond donors (Lipinski definition) is 2. The molecule has 4 rings (SSSR count). The molecule has 7 nitrogen and oxygen atoms in total. The zero-order chi connectivity index (χ0) is 22.0. The fourth-order valence-corrected chi connectivity index (χ4v) is 3.80. The van der Waals surface area contributed by atoms with Gasteiger partial charge in [-0.1, -0.05) is 6.07 Å². The summed E-state index contributed by atoms with van der Waals surface area (Å²) in [5.74, 6) is 0.476. The number of nitrogens with one attached hydrogen (secondary N) is 1. The summed E-state index contributed by atoms with van der Waals surface area (Å²) in [5, 5.41) is 12.4. The Hall–Kier alpha value is -3.78. The lowest BCUT2D eigenvalue weighted by Gasteiger charge is -2.04. The Bertz CT molecular complexity index is 1230. The molecule has 31 heavy (non-hydrogen) atoms. The summed E-state index contributed by atoms with van der Waals surface area (Å²) in [7, 11) is 1.59. The quantitative estimate of drug-likeness (QED) is 0.557. The van der Waals surface area contributed by atoms with Crippen molar-refractivity contribution in [2.45, 2.75) is 6.92 Å². The molecule has 0 aliphatic carbocycles. The second-order valence-corrected chi connectivity index (χ2v) is 7.75. The number of carboxylic acid groups (broad SMARTS) is 1. The Morgan fingerprint density at radius 1 is 1.16 bits per heavy atom. The minimum Gasteiger partial charge on any atom is -0.497 e. The first-order valence-electron chi connectivity index (χ1n) is 9.31. The van der Waals surface area contributed by atoms with Crippen LogP contribution in [-0.4, -0.2) is 29.3 Å². The van der Waals surface area contributed by atoms with Gasteiger partial charge in [0.05, 0.1) is 23.3 Å². The highest BCUT2D eigenvalue weighted by Crippen LogP contribution is 2.31. The van der Waals surface area contributed by atoms with Crippen molar-refractivity contribution in [3.05, 3.63) is 76.4 Å². The third kappa shape index (κ3) is 4.54. The number of aryl methyl sites for hydroxylation is 1. The molecule has 0 bridgehead atoms. The molecular weight excluding hydrogens is 416 g/mol. The fraction of sp³-hybridized carbons (Fsp3) is 0.0870. The Morgan fingerprint density at radius 2 is 1.94 bits per heavy atom. The van der Waals surface area contributed by atoms with Crippen LogP contribution in [0.25, 0.3) is 17.4 Å². The number of carboxylic acids is 1. The number of thioether (sulfide) groups is 1. The van der Waals surface area contributed by atoms with Gasteiger partial charge < -0.3 is 19.6 Å². The van der Waals surface area contributed by atoms with E-state index in [4.69, 9.17) is 9.15 Å². The number of carbonyl (C=O) groups excluding carboxylic acids is 1. The zero-order valence-corrected chi connectivity index (χ0v) is 17.5. The molecule has 1 saturated heterocycles. The second-order valence-electron chi connectivity index (χ2n) is 6.72. The second kappa shape index (κ2) is 8.53. The Balaban J connectivity index is 1.55. The Kier molecular flexibility index (Phi) is 5.64. The Labute approximate surface area is 182 Å². The molecule has 3 aromatic rings. The van der Waals surface area contributed by atoms with Crippen molar-refractivity contribution in [3.63, 3.8) is 0 Å². The minimum absolute atomic E-state index is 0.182. The maximum atomic E-state index is 12.3. The predicted octanol–water partition coefficient (Wildman–Crippen LogP) is 4.85. The fourth-order valence-electron chi connectivity index (χ4n) is 2.98.